The number of hydrogen-bond acceptors (Lipinski definition) is 4. The minimum atomic E-state index is -0.668. The topological polar surface area (TPSA) is 61.6 Å². The summed E-state index contributed by atoms with van der Waals surface area (Å²) in [7, 11) is 0. The average molecular weight is 133 g/mol. The van der Waals surface area contributed by atoms with Gasteiger partial charge in [0.05, 0.1) is 0 Å². The van der Waals surface area contributed by atoms with E-state index in [0.29, 0.717) is 0 Å². The summed E-state index contributed by atoms with van der Waals surface area (Å²) in [5, 5.41) is 10.00. The molecule has 1 heterocycles. The Morgan fingerprint density at radius 1 is 1.44 bits per heavy atom. The van der Waals surface area contributed by atoms with Crippen molar-refractivity contribution in [2.45, 2.75) is 6.04 Å². The molecule has 1 fully saturated rings. The van der Waals surface area contributed by atoms with Gasteiger partial charge in [0.25, 0.3) is 6.04 Å². The van der Waals surface area contributed by atoms with Crippen molar-refractivity contribution >= 4 is 0 Å². The lowest BCUT2D eigenvalue weighted by Gasteiger charge is -2.15. The summed E-state index contributed by atoms with van der Waals surface area (Å²) in [4.78, 5) is 9.61. The van der Waals surface area contributed by atoms with E-state index < -0.39 is 6.04 Å². The minimum absolute atomic E-state index is 0.174. The second kappa shape index (κ2) is 2.75. The van der Waals surface area contributed by atoms with Crippen LogP contribution in [0.25, 0.3) is 0 Å². The Labute approximate surface area is 51.7 Å². The quantitative estimate of drug-likeness (QED) is 0.362. The molecule has 0 bridgehead atoms. The van der Waals surface area contributed by atoms with Crippen LogP contribution in [0.3, 0.4) is 0 Å². The zero-order valence-electron chi connectivity index (χ0n) is 4.78. The van der Waals surface area contributed by atoms with E-state index in [0.717, 1.165) is 0 Å². The van der Waals surface area contributed by atoms with Crippen LogP contribution in [0.2, 0.25) is 0 Å². The summed E-state index contributed by atoms with van der Waals surface area (Å²) in [5.41, 5.74) is 0. The SMILES string of the molecule is O=[N+]([O-])C1COCOC1. The lowest BCUT2D eigenvalue weighted by Crippen LogP contribution is -2.35. The van der Waals surface area contributed by atoms with Crippen LogP contribution >= 0.6 is 0 Å². The fraction of sp³-hybridized carbons (Fsp3) is 1.00. The molecule has 0 aromatic carbocycles. The van der Waals surface area contributed by atoms with E-state index in [9.17, 15) is 10.1 Å². The number of rotatable bonds is 1. The monoisotopic (exact) mass is 133 g/mol. The van der Waals surface area contributed by atoms with Gasteiger partial charge in [0.15, 0.2) is 0 Å². The van der Waals surface area contributed by atoms with Crippen molar-refractivity contribution in [3.8, 4) is 0 Å². The van der Waals surface area contributed by atoms with Crippen molar-refractivity contribution in [1.82, 2.24) is 0 Å². The Kier molecular flexibility index (Phi) is 1.96. The zero-order valence-corrected chi connectivity index (χ0v) is 4.78. The van der Waals surface area contributed by atoms with Gasteiger partial charge in [-0.15, -0.1) is 0 Å². The zero-order chi connectivity index (χ0) is 6.69. The van der Waals surface area contributed by atoms with E-state index in [4.69, 9.17) is 0 Å². The molecule has 1 saturated heterocycles. The van der Waals surface area contributed by atoms with Gasteiger partial charge < -0.3 is 9.47 Å². The lowest BCUT2D eigenvalue weighted by atomic mass is 10.3. The van der Waals surface area contributed by atoms with Gasteiger partial charge in [0.2, 0.25) is 0 Å². The molecule has 0 aliphatic carbocycles. The summed E-state index contributed by atoms with van der Waals surface area (Å²) in [6, 6.07) is -0.668. The van der Waals surface area contributed by atoms with Crippen LogP contribution in [0.5, 0.6) is 0 Å². The van der Waals surface area contributed by atoms with Crippen LogP contribution in [-0.4, -0.2) is 31.0 Å². The van der Waals surface area contributed by atoms with Crippen LogP contribution < -0.4 is 0 Å². The molecule has 0 amide bonds. The van der Waals surface area contributed by atoms with E-state index >= 15 is 0 Å². The highest BCUT2D eigenvalue weighted by Gasteiger charge is 2.23. The normalized spacial score (nSPS) is 21.8. The Morgan fingerprint density at radius 3 is 2.33 bits per heavy atom. The van der Waals surface area contributed by atoms with Gasteiger partial charge in [-0.2, -0.15) is 0 Å². The van der Waals surface area contributed by atoms with Crippen LogP contribution in [-0.2, 0) is 9.47 Å². The fourth-order valence-electron chi connectivity index (χ4n) is 0.597. The molecular weight excluding hydrogens is 126 g/mol. The van der Waals surface area contributed by atoms with Gasteiger partial charge >= 0.3 is 0 Å². The summed E-state index contributed by atoms with van der Waals surface area (Å²) in [5.74, 6) is 0. The Balaban J connectivity index is 2.31. The summed E-state index contributed by atoms with van der Waals surface area (Å²) >= 11 is 0. The first-order chi connectivity index (χ1) is 4.30. The summed E-state index contributed by atoms with van der Waals surface area (Å²) in [6.07, 6.45) is 0. The van der Waals surface area contributed by atoms with Crippen LogP contribution in [0, 0.1) is 10.1 Å². The molecule has 9 heavy (non-hydrogen) atoms. The largest absolute Gasteiger partial charge is 0.348 e. The van der Waals surface area contributed by atoms with Gasteiger partial charge in [-0.05, 0) is 0 Å². The molecule has 1 rings (SSSR count). The summed E-state index contributed by atoms with van der Waals surface area (Å²) < 4.78 is 9.36. The molecular formula is C4H7NO4. The molecule has 0 aromatic rings. The molecule has 1 aliphatic rings. The fourth-order valence-corrected chi connectivity index (χ4v) is 0.597. The molecule has 52 valence electrons. The molecule has 0 aromatic heterocycles. The number of hydrogen-bond donors (Lipinski definition) is 0. The third-order valence-corrected chi connectivity index (χ3v) is 1.09. The maximum Gasteiger partial charge on any atom is 0.259 e. The van der Waals surface area contributed by atoms with Gasteiger partial charge in [0.1, 0.15) is 20.0 Å². The smallest absolute Gasteiger partial charge is 0.259 e. The first-order valence-electron chi connectivity index (χ1n) is 2.59. The van der Waals surface area contributed by atoms with Gasteiger partial charge in [-0.25, -0.2) is 0 Å². The maximum atomic E-state index is 10.00. The molecule has 0 atom stereocenters. The van der Waals surface area contributed by atoms with Crippen molar-refractivity contribution < 1.29 is 14.4 Å². The van der Waals surface area contributed by atoms with Crippen LogP contribution in [0.15, 0.2) is 0 Å². The molecule has 0 radical (unpaired) electrons. The van der Waals surface area contributed by atoms with Gasteiger partial charge in [-0.1, -0.05) is 0 Å². The standard InChI is InChI=1S/C4H7NO4/c6-5(7)4-1-8-3-9-2-4/h4H,1-3H2. The van der Waals surface area contributed by atoms with Crippen molar-refractivity contribution in [3.05, 3.63) is 10.1 Å². The number of ether oxygens (including phenoxy) is 2. The van der Waals surface area contributed by atoms with Crippen molar-refractivity contribution in [2.24, 2.45) is 0 Å². The third-order valence-electron chi connectivity index (χ3n) is 1.09. The molecule has 0 spiro atoms. The molecule has 1 aliphatic heterocycles. The van der Waals surface area contributed by atoms with Crippen molar-refractivity contribution in [3.63, 3.8) is 0 Å². The second-order valence-corrected chi connectivity index (χ2v) is 1.80. The first kappa shape index (κ1) is 6.44. The summed E-state index contributed by atoms with van der Waals surface area (Å²) in [6.45, 7) is 0.532. The highest BCUT2D eigenvalue weighted by Crippen LogP contribution is 1.98. The van der Waals surface area contributed by atoms with E-state index in [2.05, 4.69) is 9.47 Å². The predicted molar refractivity (Wildman–Crippen MR) is 27.6 cm³/mol. The maximum absolute atomic E-state index is 10.00. The molecule has 5 heteroatoms. The Morgan fingerprint density at radius 2 is 2.00 bits per heavy atom. The van der Waals surface area contributed by atoms with Gasteiger partial charge in [-0.3, -0.25) is 10.1 Å². The van der Waals surface area contributed by atoms with E-state index in [-0.39, 0.29) is 24.9 Å². The first-order valence-corrected chi connectivity index (χ1v) is 2.59. The predicted octanol–water partition coefficient (Wildman–Crippen LogP) is -0.364. The van der Waals surface area contributed by atoms with Crippen molar-refractivity contribution in [2.75, 3.05) is 20.0 Å². The van der Waals surface area contributed by atoms with Crippen LogP contribution in [0.1, 0.15) is 0 Å². The molecule has 0 saturated carbocycles. The highest BCUT2D eigenvalue weighted by atomic mass is 16.7. The van der Waals surface area contributed by atoms with Crippen molar-refractivity contribution in [1.29, 1.82) is 0 Å². The molecule has 0 N–H and O–H groups in total. The number of nitrogens with zero attached hydrogens (tertiary/aromatic N) is 1. The lowest BCUT2D eigenvalue weighted by molar-refractivity contribution is -0.539. The molecule has 0 unspecified atom stereocenters. The number of nitro groups is 1. The van der Waals surface area contributed by atoms with Crippen LogP contribution in [0.4, 0.5) is 0 Å². The molecule has 5 nitrogen and oxygen atoms in total. The van der Waals surface area contributed by atoms with E-state index in [1.54, 1.807) is 0 Å². The minimum Gasteiger partial charge on any atom is -0.348 e. The Hall–Kier alpha value is -0.680. The highest BCUT2D eigenvalue weighted by molar-refractivity contribution is 4.54. The Bertz CT molecular complexity index is 109. The van der Waals surface area contributed by atoms with Gasteiger partial charge in [0, 0.05) is 4.92 Å². The van der Waals surface area contributed by atoms with E-state index in [1.807, 2.05) is 0 Å². The average Bonchev–Trinajstić information content (AvgIpc) is 1.90. The van der Waals surface area contributed by atoms with E-state index in [1.165, 1.54) is 0 Å². The third kappa shape index (κ3) is 1.62. The second-order valence-electron chi connectivity index (χ2n) is 1.80.